The van der Waals surface area contributed by atoms with Crippen LogP contribution >= 0.6 is 0 Å². The zero-order valence-electron chi connectivity index (χ0n) is 12.8. The van der Waals surface area contributed by atoms with Crippen LogP contribution in [0.1, 0.15) is 56.9 Å². The van der Waals surface area contributed by atoms with Crippen LogP contribution in [0.5, 0.6) is 0 Å². The second kappa shape index (κ2) is 8.20. The lowest BCUT2D eigenvalue weighted by atomic mass is 10.0. The number of aromatic nitrogens is 2. The van der Waals surface area contributed by atoms with Crippen molar-refractivity contribution in [1.82, 2.24) is 10.2 Å². The molecule has 1 heterocycles. The minimum absolute atomic E-state index is 0.00260. The number of anilines is 1. The quantitative estimate of drug-likeness (QED) is 0.763. The first-order valence-electron chi connectivity index (χ1n) is 7.34. The monoisotopic (exact) mass is 290 g/mol. The number of hydrogen-bond acceptors (Lipinski definition) is 5. The standard InChI is InChI=1S/C15H22N4O2/c1-4-7-10(8-14(20)21)17-15-12(9-16)11(5-2)13(6-3)18-19-15/h10H,4-8H2,1-3H3,(H,17,19)(H,20,21). The van der Waals surface area contributed by atoms with E-state index in [1.165, 1.54) is 0 Å². The number of aliphatic carboxylic acids is 1. The van der Waals surface area contributed by atoms with Crippen molar-refractivity contribution in [2.45, 2.75) is 58.9 Å². The van der Waals surface area contributed by atoms with Crippen molar-refractivity contribution in [3.8, 4) is 6.07 Å². The molecule has 0 spiro atoms. The Bertz CT molecular complexity index is 537. The molecule has 0 aromatic carbocycles. The minimum atomic E-state index is -0.867. The van der Waals surface area contributed by atoms with Crippen molar-refractivity contribution < 1.29 is 9.90 Å². The summed E-state index contributed by atoms with van der Waals surface area (Å²) in [6.45, 7) is 5.94. The predicted octanol–water partition coefficient (Wildman–Crippen LogP) is 2.53. The van der Waals surface area contributed by atoms with E-state index in [-0.39, 0.29) is 12.5 Å². The van der Waals surface area contributed by atoms with Gasteiger partial charge in [0.05, 0.1) is 12.1 Å². The van der Waals surface area contributed by atoms with E-state index in [0.717, 1.165) is 24.1 Å². The molecule has 6 heteroatoms. The average Bonchev–Trinajstić information content (AvgIpc) is 2.46. The number of carbonyl (C=O) groups is 1. The maximum absolute atomic E-state index is 10.9. The third-order valence-corrected chi connectivity index (χ3v) is 3.36. The zero-order chi connectivity index (χ0) is 15.8. The fourth-order valence-corrected chi connectivity index (χ4v) is 2.37. The summed E-state index contributed by atoms with van der Waals surface area (Å²) in [6.07, 6.45) is 2.98. The SMILES string of the molecule is CCCC(CC(=O)O)Nc1nnc(CC)c(CC)c1C#N. The Morgan fingerprint density at radius 1 is 1.33 bits per heavy atom. The number of carboxylic acid groups (broad SMARTS) is 1. The second-order valence-electron chi connectivity index (χ2n) is 4.90. The summed E-state index contributed by atoms with van der Waals surface area (Å²) >= 11 is 0. The predicted molar refractivity (Wildman–Crippen MR) is 80.1 cm³/mol. The molecular weight excluding hydrogens is 268 g/mol. The van der Waals surface area contributed by atoms with Crippen LogP contribution in [0.4, 0.5) is 5.82 Å². The largest absolute Gasteiger partial charge is 0.481 e. The van der Waals surface area contributed by atoms with E-state index >= 15 is 0 Å². The minimum Gasteiger partial charge on any atom is -0.481 e. The molecule has 0 aliphatic rings. The van der Waals surface area contributed by atoms with Crippen molar-refractivity contribution in [3.63, 3.8) is 0 Å². The Hall–Kier alpha value is -2.16. The van der Waals surface area contributed by atoms with Crippen LogP contribution < -0.4 is 5.32 Å². The highest BCUT2D eigenvalue weighted by molar-refractivity contribution is 5.68. The van der Waals surface area contributed by atoms with E-state index in [1.54, 1.807) is 0 Å². The molecule has 0 aliphatic heterocycles. The number of carboxylic acids is 1. The average molecular weight is 290 g/mol. The Kier molecular flexibility index (Phi) is 6.60. The molecule has 0 amide bonds. The Labute approximate surface area is 125 Å². The maximum atomic E-state index is 10.9. The molecule has 0 radical (unpaired) electrons. The summed E-state index contributed by atoms with van der Waals surface area (Å²) in [5, 5.41) is 29.7. The van der Waals surface area contributed by atoms with Gasteiger partial charge in [0, 0.05) is 6.04 Å². The number of nitriles is 1. The number of rotatable bonds is 8. The van der Waals surface area contributed by atoms with Gasteiger partial charge in [-0.2, -0.15) is 10.4 Å². The van der Waals surface area contributed by atoms with E-state index < -0.39 is 5.97 Å². The highest BCUT2D eigenvalue weighted by atomic mass is 16.4. The van der Waals surface area contributed by atoms with Crippen molar-refractivity contribution in [2.24, 2.45) is 0 Å². The summed E-state index contributed by atoms with van der Waals surface area (Å²) in [5.74, 6) is -0.473. The molecule has 6 nitrogen and oxygen atoms in total. The lowest BCUT2D eigenvalue weighted by Crippen LogP contribution is -2.25. The van der Waals surface area contributed by atoms with Crippen LogP contribution in [0, 0.1) is 11.3 Å². The first-order chi connectivity index (χ1) is 10.1. The van der Waals surface area contributed by atoms with Crippen molar-refractivity contribution >= 4 is 11.8 Å². The summed E-state index contributed by atoms with van der Waals surface area (Å²) in [4.78, 5) is 10.9. The number of aryl methyl sites for hydroxylation is 1. The van der Waals surface area contributed by atoms with Gasteiger partial charge in [-0.1, -0.05) is 27.2 Å². The van der Waals surface area contributed by atoms with Crippen LogP contribution in [0.2, 0.25) is 0 Å². The van der Waals surface area contributed by atoms with Gasteiger partial charge in [-0.25, -0.2) is 0 Å². The van der Waals surface area contributed by atoms with Gasteiger partial charge < -0.3 is 10.4 Å². The van der Waals surface area contributed by atoms with E-state index in [4.69, 9.17) is 5.11 Å². The van der Waals surface area contributed by atoms with Crippen LogP contribution in [0.15, 0.2) is 0 Å². The number of nitrogens with zero attached hydrogens (tertiary/aromatic N) is 3. The molecule has 1 atom stereocenters. The highest BCUT2D eigenvalue weighted by Gasteiger charge is 2.18. The summed E-state index contributed by atoms with van der Waals surface area (Å²) in [7, 11) is 0. The number of nitrogens with one attached hydrogen (secondary N) is 1. The molecule has 1 aromatic heterocycles. The summed E-state index contributed by atoms with van der Waals surface area (Å²) in [5.41, 5.74) is 2.20. The second-order valence-corrected chi connectivity index (χ2v) is 4.90. The van der Waals surface area contributed by atoms with Crippen molar-refractivity contribution in [2.75, 3.05) is 5.32 Å². The molecule has 1 aromatic rings. The van der Waals surface area contributed by atoms with Crippen LogP contribution in [0.25, 0.3) is 0 Å². The zero-order valence-corrected chi connectivity index (χ0v) is 12.8. The Balaban J connectivity index is 3.11. The third kappa shape index (κ3) is 4.42. The molecule has 0 saturated heterocycles. The van der Waals surface area contributed by atoms with Crippen LogP contribution in [-0.4, -0.2) is 27.3 Å². The molecule has 2 N–H and O–H groups in total. The van der Waals surface area contributed by atoms with Gasteiger partial charge in [-0.3, -0.25) is 4.79 Å². The van der Waals surface area contributed by atoms with Crippen LogP contribution in [0.3, 0.4) is 0 Å². The third-order valence-electron chi connectivity index (χ3n) is 3.36. The molecule has 114 valence electrons. The molecule has 0 aliphatic carbocycles. The smallest absolute Gasteiger partial charge is 0.305 e. The fraction of sp³-hybridized carbons (Fsp3) is 0.600. The fourth-order valence-electron chi connectivity index (χ4n) is 2.37. The Morgan fingerprint density at radius 3 is 2.52 bits per heavy atom. The van der Waals surface area contributed by atoms with Gasteiger partial charge >= 0.3 is 5.97 Å². The lowest BCUT2D eigenvalue weighted by Gasteiger charge is -2.18. The van der Waals surface area contributed by atoms with Gasteiger partial charge in [0.25, 0.3) is 0 Å². The van der Waals surface area contributed by atoms with E-state index in [9.17, 15) is 10.1 Å². The van der Waals surface area contributed by atoms with Gasteiger partial charge in [0.2, 0.25) is 0 Å². The van der Waals surface area contributed by atoms with E-state index in [2.05, 4.69) is 21.6 Å². The Morgan fingerprint density at radius 2 is 2.05 bits per heavy atom. The molecule has 1 unspecified atom stereocenters. The van der Waals surface area contributed by atoms with Gasteiger partial charge in [-0.15, -0.1) is 5.10 Å². The highest BCUT2D eigenvalue weighted by Crippen LogP contribution is 2.21. The molecule has 0 saturated carbocycles. The number of hydrogen-bond donors (Lipinski definition) is 2. The molecule has 0 fully saturated rings. The van der Waals surface area contributed by atoms with Gasteiger partial charge in [0.15, 0.2) is 5.82 Å². The first kappa shape index (κ1) is 16.9. The van der Waals surface area contributed by atoms with Crippen LogP contribution in [-0.2, 0) is 17.6 Å². The normalized spacial score (nSPS) is 11.7. The molecule has 21 heavy (non-hydrogen) atoms. The molecular formula is C15H22N4O2. The molecule has 1 rings (SSSR count). The van der Waals surface area contributed by atoms with Crippen molar-refractivity contribution in [3.05, 3.63) is 16.8 Å². The van der Waals surface area contributed by atoms with E-state index in [1.807, 2.05) is 20.8 Å². The summed E-state index contributed by atoms with van der Waals surface area (Å²) < 4.78 is 0. The first-order valence-corrected chi connectivity index (χ1v) is 7.34. The van der Waals surface area contributed by atoms with Crippen molar-refractivity contribution in [1.29, 1.82) is 5.26 Å². The topological polar surface area (TPSA) is 98.9 Å². The summed E-state index contributed by atoms with van der Waals surface area (Å²) in [6, 6.07) is 1.93. The molecule has 0 bridgehead atoms. The van der Waals surface area contributed by atoms with E-state index in [0.29, 0.717) is 24.2 Å². The van der Waals surface area contributed by atoms with Gasteiger partial charge in [0.1, 0.15) is 11.6 Å². The van der Waals surface area contributed by atoms with Gasteiger partial charge in [-0.05, 0) is 24.8 Å². The lowest BCUT2D eigenvalue weighted by molar-refractivity contribution is -0.137. The maximum Gasteiger partial charge on any atom is 0.305 e.